The maximum absolute atomic E-state index is 13.8. The Morgan fingerprint density at radius 2 is 1.70 bits per heavy atom. The predicted molar refractivity (Wildman–Crippen MR) is 125 cm³/mol. The number of aliphatic hydroxyl groups is 1. The van der Waals surface area contributed by atoms with Crippen molar-refractivity contribution in [1.82, 2.24) is 0 Å². The number of aromatic hydroxyl groups is 1. The largest absolute Gasteiger partial charge is 0.508 e. The van der Waals surface area contributed by atoms with Crippen molar-refractivity contribution in [3.8, 4) is 5.75 Å². The molecule has 168 valence electrons. The van der Waals surface area contributed by atoms with Crippen LogP contribution in [-0.2, 0) is 9.59 Å². The van der Waals surface area contributed by atoms with Gasteiger partial charge in [-0.1, -0.05) is 38.1 Å². The van der Waals surface area contributed by atoms with Crippen LogP contribution in [0.25, 0.3) is 5.76 Å². The van der Waals surface area contributed by atoms with Crippen molar-refractivity contribution >= 4 is 23.1 Å². The molecule has 6 heteroatoms. The van der Waals surface area contributed by atoms with Crippen molar-refractivity contribution < 1.29 is 24.2 Å². The predicted octanol–water partition coefficient (Wildman–Crippen LogP) is 5.59. The quantitative estimate of drug-likeness (QED) is 0.312. The first-order valence-corrected chi connectivity index (χ1v) is 10.7. The zero-order chi connectivity index (χ0) is 23.9. The van der Waals surface area contributed by atoms with Crippen LogP contribution in [0.3, 0.4) is 0 Å². The Bertz CT molecular complexity index is 1280. The van der Waals surface area contributed by atoms with Crippen LogP contribution in [0.5, 0.6) is 5.75 Å². The number of halogens is 1. The van der Waals surface area contributed by atoms with E-state index in [9.17, 15) is 24.2 Å². The number of carbonyl (C=O) groups is 2. The summed E-state index contributed by atoms with van der Waals surface area (Å²) < 4.78 is 13.8. The van der Waals surface area contributed by atoms with E-state index in [4.69, 9.17) is 0 Å². The molecular weight excluding hydrogens is 421 g/mol. The van der Waals surface area contributed by atoms with E-state index in [0.29, 0.717) is 16.8 Å². The Kier molecular flexibility index (Phi) is 5.77. The number of phenols is 1. The number of aryl methyl sites for hydroxylation is 1. The molecule has 5 nitrogen and oxygen atoms in total. The summed E-state index contributed by atoms with van der Waals surface area (Å²) in [4.78, 5) is 27.6. The third-order valence-corrected chi connectivity index (χ3v) is 5.90. The molecule has 0 radical (unpaired) electrons. The standard InChI is InChI=1S/C27H24FNO4/c1-15(2)17-7-10-20(11-8-17)29-24(18-5-4-6-21(30)14-18)23(26(32)27(29)33)25(31)19-9-12-22(28)16(3)13-19/h4-15,24,30-31H,1-3H3/b25-23-. The van der Waals surface area contributed by atoms with Crippen LogP contribution < -0.4 is 4.90 Å². The molecule has 0 aliphatic carbocycles. The summed E-state index contributed by atoms with van der Waals surface area (Å²) in [6, 6.07) is 16.6. The highest BCUT2D eigenvalue weighted by molar-refractivity contribution is 6.51. The maximum atomic E-state index is 13.8. The minimum Gasteiger partial charge on any atom is -0.508 e. The summed E-state index contributed by atoms with van der Waals surface area (Å²) in [5.41, 5.74) is 2.43. The van der Waals surface area contributed by atoms with E-state index in [1.807, 2.05) is 12.1 Å². The molecule has 1 amide bonds. The summed E-state index contributed by atoms with van der Waals surface area (Å²) >= 11 is 0. The van der Waals surface area contributed by atoms with Gasteiger partial charge in [0.15, 0.2) is 0 Å². The Balaban J connectivity index is 1.93. The molecule has 0 bridgehead atoms. The van der Waals surface area contributed by atoms with E-state index in [2.05, 4.69) is 13.8 Å². The number of Topliss-reactive ketones (excluding diaryl/α,β-unsaturated/α-hetero) is 1. The number of benzene rings is 3. The second-order valence-electron chi connectivity index (χ2n) is 8.47. The van der Waals surface area contributed by atoms with Gasteiger partial charge in [-0.05, 0) is 72.0 Å². The molecule has 2 N–H and O–H groups in total. The number of amides is 1. The Hall–Kier alpha value is -3.93. The molecule has 1 aliphatic heterocycles. The van der Waals surface area contributed by atoms with Gasteiger partial charge < -0.3 is 10.2 Å². The van der Waals surface area contributed by atoms with Crippen molar-refractivity contribution in [3.05, 3.63) is 100 Å². The fourth-order valence-electron chi connectivity index (χ4n) is 4.08. The zero-order valence-electron chi connectivity index (χ0n) is 18.5. The van der Waals surface area contributed by atoms with E-state index < -0.39 is 29.3 Å². The van der Waals surface area contributed by atoms with Gasteiger partial charge >= 0.3 is 0 Å². The number of hydrogen-bond acceptors (Lipinski definition) is 4. The third kappa shape index (κ3) is 4.00. The average Bonchev–Trinajstić information content (AvgIpc) is 3.06. The van der Waals surface area contributed by atoms with Crippen LogP contribution in [0.15, 0.2) is 72.3 Å². The number of carbonyl (C=O) groups excluding carboxylic acids is 2. The second kappa shape index (κ2) is 8.54. The first kappa shape index (κ1) is 22.3. The number of ketones is 1. The number of rotatable bonds is 4. The Morgan fingerprint density at radius 3 is 2.30 bits per heavy atom. The summed E-state index contributed by atoms with van der Waals surface area (Å²) in [5, 5.41) is 21.2. The monoisotopic (exact) mass is 445 g/mol. The minimum atomic E-state index is -0.965. The topological polar surface area (TPSA) is 77.8 Å². The van der Waals surface area contributed by atoms with Gasteiger partial charge in [0.1, 0.15) is 17.3 Å². The van der Waals surface area contributed by atoms with Gasteiger partial charge in [-0.25, -0.2) is 4.39 Å². The Morgan fingerprint density at radius 1 is 1.00 bits per heavy atom. The number of nitrogens with zero attached hydrogens (tertiary/aromatic N) is 1. The molecule has 1 saturated heterocycles. The molecule has 3 aromatic rings. The van der Waals surface area contributed by atoms with Crippen molar-refractivity contribution in [3.63, 3.8) is 0 Å². The molecule has 4 rings (SSSR count). The summed E-state index contributed by atoms with van der Waals surface area (Å²) in [7, 11) is 0. The number of hydrogen-bond donors (Lipinski definition) is 2. The molecular formula is C27H24FNO4. The fraction of sp³-hybridized carbons (Fsp3) is 0.185. The first-order chi connectivity index (χ1) is 15.7. The number of anilines is 1. The van der Waals surface area contributed by atoms with Crippen molar-refractivity contribution in [2.24, 2.45) is 0 Å². The summed E-state index contributed by atoms with van der Waals surface area (Å²) in [5.74, 6) is -2.23. The average molecular weight is 445 g/mol. The molecule has 0 saturated carbocycles. The summed E-state index contributed by atoms with van der Waals surface area (Å²) in [6.07, 6.45) is 0. The van der Waals surface area contributed by atoms with E-state index in [1.54, 1.807) is 31.2 Å². The van der Waals surface area contributed by atoms with Gasteiger partial charge in [-0.2, -0.15) is 0 Å². The third-order valence-electron chi connectivity index (χ3n) is 5.90. The van der Waals surface area contributed by atoms with Crippen LogP contribution in [0.4, 0.5) is 10.1 Å². The van der Waals surface area contributed by atoms with Crippen molar-refractivity contribution in [2.75, 3.05) is 4.90 Å². The molecule has 1 aliphatic rings. The first-order valence-electron chi connectivity index (χ1n) is 10.7. The van der Waals surface area contributed by atoms with Crippen LogP contribution in [-0.4, -0.2) is 21.9 Å². The van der Waals surface area contributed by atoms with Gasteiger partial charge in [0.05, 0.1) is 11.6 Å². The zero-order valence-corrected chi connectivity index (χ0v) is 18.5. The fourth-order valence-corrected chi connectivity index (χ4v) is 4.08. The highest BCUT2D eigenvalue weighted by Gasteiger charge is 2.47. The molecule has 1 unspecified atom stereocenters. The lowest BCUT2D eigenvalue weighted by Gasteiger charge is -2.26. The van der Waals surface area contributed by atoms with Crippen LogP contribution in [0.1, 0.15) is 48.1 Å². The number of phenolic OH excluding ortho intramolecular Hbond substituents is 1. The van der Waals surface area contributed by atoms with Crippen LogP contribution in [0, 0.1) is 12.7 Å². The molecule has 1 fully saturated rings. The Labute approximate surface area is 191 Å². The van der Waals surface area contributed by atoms with Gasteiger partial charge in [-0.15, -0.1) is 0 Å². The molecule has 3 aromatic carbocycles. The van der Waals surface area contributed by atoms with Crippen LogP contribution in [0.2, 0.25) is 0 Å². The second-order valence-corrected chi connectivity index (χ2v) is 8.47. The van der Waals surface area contributed by atoms with E-state index in [1.165, 1.54) is 35.2 Å². The molecule has 0 spiro atoms. The SMILES string of the molecule is Cc1cc(/C(O)=C2/C(=O)C(=O)N(c3ccc(C(C)C)cc3)C2c2cccc(O)c2)ccc1F. The molecule has 33 heavy (non-hydrogen) atoms. The minimum absolute atomic E-state index is 0.0362. The lowest BCUT2D eigenvalue weighted by molar-refractivity contribution is -0.132. The smallest absolute Gasteiger partial charge is 0.300 e. The van der Waals surface area contributed by atoms with Crippen molar-refractivity contribution in [2.45, 2.75) is 32.7 Å². The normalized spacial score (nSPS) is 17.7. The van der Waals surface area contributed by atoms with Crippen molar-refractivity contribution in [1.29, 1.82) is 0 Å². The van der Waals surface area contributed by atoms with Gasteiger partial charge in [0, 0.05) is 11.3 Å². The highest BCUT2D eigenvalue weighted by Crippen LogP contribution is 2.43. The molecule has 1 heterocycles. The number of aliphatic hydroxyl groups excluding tert-OH is 1. The summed E-state index contributed by atoms with van der Waals surface area (Å²) in [6.45, 7) is 5.66. The van der Waals surface area contributed by atoms with Gasteiger partial charge in [0.25, 0.3) is 11.7 Å². The van der Waals surface area contributed by atoms with Gasteiger partial charge in [-0.3, -0.25) is 14.5 Å². The maximum Gasteiger partial charge on any atom is 0.300 e. The lowest BCUT2D eigenvalue weighted by atomic mass is 9.94. The van der Waals surface area contributed by atoms with Crippen LogP contribution >= 0.6 is 0 Å². The molecule has 0 aromatic heterocycles. The van der Waals surface area contributed by atoms with E-state index >= 15 is 0 Å². The van der Waals surface area contributed by atoms with E-state index in [0.717, 1.165) is 5.56 Å². The molecule has 1 atom stereocenters. The lowest BCUT2D eigenvalue weighted by Crippen LogP contribution is -2.29. The van der Waals surface area contributed by atoms with E-state index in [-0.39, 0.29) is 22.8 Å². The highest BCUT2D eigenvalue weighted by atomic mass is 19.1. The van der Waals surface area contributed by atoms with Gasteiger partial charge in [0.2, 0.25) is 0 Å².